The van der Waals surface area contributed by atoms with E-state index in [0.29, 0.717) is 23.5 Å². The van der Waals surface area contributed by atoms with Gasteiger partial charge in [-0.25, -0.2) is 4.98 Å². The lowest BCUT2D eigenvalue weighted by molar-refractivity contribution is 0.370. The van der Waals surface area contributed by atoms with Crippen LogP contribution in [0.3, 0.4) is 0 Å². The molecule has 6 nitrogen and oxygen atoms in total. The minimum absolute atomic E-state index is 0.204. The van der Waals surface area contributed by atoms with Crippen LogP contribution in [0.5, 0.6) is 5.75 Å². The number of nitrogens with zero attached hydrogens (tertiary/aromatic N) is 2. The minimum Gasteiger partial charge on any atom is -0.489 e. The second-order valence-corrected chi connectivity index (χ2v) is 5.68. The zero-order valence-electron chi connectivity index (χ0n) is 11.9. The summed E-state index contributed by atoms with van der Waals surface area (Å²) in [4.78, 5) is 21.1. The number of aromatic amines is 1. The first-order valence-electron chi connectivity index (χ1n) is 7.38. The molecule has 2 heterocycles. The van der Waals surface area contributed by atoms with E-state index in [1.54, 1.807) is 0 Å². The van der Waals surface area contributed by atoms with Gasteiger partial charge in [-0.2, -0.15) is 0 Å². The van der Waals surface area contributed by atoms with Gasteiger partial charge >= 0.3 is 0 Å². The van der Waals surface area contributed by atoms with Gasteiger partial charge in [0, 0.05) is 12.6 Å². The molecule has 1 atom stereocenters. The van der Waals surface area contributed by atoms with E-state index in [2.05, 4.69) is 20.2 Å². The van der Waals surface area contributed by atoms with Gasteiger partial charge in [0.25, 0.3) is 5.56 Å². The Labute approximate surface area is 118 Å². The summed E-state index contributed by atoms with van der Waals surface area (Å²) in [5.74, 6) is 1.66. The molecular formula is C14H22N4O2. The van der Waals surface area contributed by atoms with Gasteiger partial charge in [-0.15, -0.1) is 0 Å². The van der Waals surface area contributed by atoms with Crippen LogP contribution >= 0.6 is 0 Å². The van der Waals surface area contributed by atoms with Gasteiger partial charge in [0.05, 0.1) is 13.4 Å². The van der Waals surface area contributed by atoms with Gasteiger partial charge in [0.15, 0.2) is 5.82 Å². The third-order valence-electron chi connectivity index (χ3n) is 4.11. The van der Waals surface area contributed by atoms with E-state index in [-0.39, 0.29) is 5.56 Å². The molecule has 1 aliphatic carbocycles. The number of ether oxygens (including phenoxy) is 1. The number of anilines is 1. The molecule has 0 bridgehead atoms. The van der Waals surface area contributed by atoms with Crippen LogP contribution in [0, 0.1) is 5.92 Å². The van der Waals surface area contributed by atoms with Gasteiger partial charge < -0.3 is 19.9 Å². The Bertz CT molecular complexity index is 506. The van der Waals surface area contributed by atoms with Crippen LogP contribution in [0.2, 0.25) is 0 Å². The predicted octanol–water partition coefficient (Wildman–Crippen LogP) is 0.747. The van der Waals surface area contributed by atoms with Gasteiger partial charge in [0.1, 0.15) is 0 Å². The highest BCUT2D eigenvalue weighted by Gasteiger charge is 2.34. The van der Waals surface area contributed by atoms with Crippen molar-refractivity contribution >= 4 is 5.82 Å². The summed E-state index contributed by atoms with van der Waals surface area (Å²) in [6.07, 6.45) is 6.29. The lowest BCUT2D eigenvalue weighted by Gasteiger charge is -2.31. The Balaban J connectivity index is 1.83. The standard InChI is InChI=1S/C14H22N4O2/c1-20-12-13(16-9-17-14(12)19)18(11-4-5-11)8-10-3-2-6-15-7-10/h9-11,15H,2-8H2,1H3,(H,16,17,19). The summed E-state index contributed by atoms with van der Waals surface area (Å²) in [6, 6.07) is 0.514. The van der Waals surface area contributed by atoms with Gasteiger partial charge in [-0.1, -0.05) is 0 Å². The van der Waals surface area contributed by atoms with E-state index in [1.165, 1.54) is 39.1 Å². The molecule has 3 rings (SSSR count). The molecule has 2 aliphatic rings. The molecule has 0 amide bonds. The van der Waals surface area contributed by atoms with E-state index in [9.17, 15) is 4.79 Å². The first-order valence-corrected chi connectivity index (χ1v) is 7.38. The fourth-order valence-electron chi connectivity index (χ4n) is 2.92. The second kappa shape index (κ2) is 5.83. The maximum absolute atomic E-state index is 11.9. The summed E-state index contributed by atoms with van der Waals surface area (Å²) >= 11 is 0. The van der Waals surface area contributed by atoms with Crippen LogP contribution in [-0.2, 0) is 0 Å². The molecule has 1 saturated carbocycles. The highest BCUT2D eigenvalue weighted by molar-refractivity contribution is 5.52. The third-order valence-corrected chi connectivity index (χ3v) is 4.11. The third kappa shape index (κ3) is 2.80. The fraction of sp³-hybridized carbons (Fsp3) is 0.714. The van der Waals surface area contributed by atoms with E-state index in [4.69, 9.17) is 4.74 Å². The van der Waals surface area contributed by atoms with Crippen LogP contribution in [0.15, 0.2) is 11.1 Å². The van der Waals surface area contributed by atoms with Crippen LogP contribution in [-0.4, -0.2) is 42.8 Å². The summed E-state index contributed by atoms with van der Waals surface area (Å²) in [7, 11) is 1.53. The second-order valence-electron chi connectivity index (χ2n) is 5.68. The Morgan fingerprint density at radius 3 is 2.95 bits per heavy atom. The van der Waals surface area contributed by atoms with E-state index in [0.717, 1.165) is 19.6 Å². The molecule has 6 heteroatoms. The maximum Gasteiger partial charge on any atom is 0.295 e. The van der Waals surface area contributed by atoms with E-state index < -0.39 is 0 Å². The molecule has 2 N–H and O–H groups in total. The highest BCUT2D eigenvalue weighted by atomic mass is 16.5. The number of piperidine rings is 1. The smallest absolute Gasteiger partial charge is 0.295 e. The molecule has 0 spiro atoms. The van der Waals surface area contributed by atoms with Crippen molar-refractivity contribution in [2.75, 3.05) is 31.6 Å². The zero-order chi connectivity index (χ0) is 13.9. The largest absolute Gasteiger partial charge is 0.489 e. The van der Waals surface area contributed by atoms with Crippen molar-refractivity contribution in [1.29, 1.82) is 0 Å². The number of methoxy groups -OCH3 is 1. The topological polar surface area (TPSA) is 70.2 Å². The first-order chi connectivity index (χ1) is 9.79. The molecule has 0 aromatic carbocycles. The number of nitrogens with one attached hydrogen (secondary N) is 2. The minimum atomic E-state index is -0.204. The molecule has 1 aromatic rings. The van der Waals surface area contributed by atoms with Crippen LogP contribution in [0.25, 0.3) is 0 Å². The number of aromatic nitrogens is 2. The van der Waals surface area contributed by atoms with Gasteiger partial charge in [-0.3, -0.25) is 4.79 Å². The number of rotatable bonds is 5. The summed E-state index contributed by atoms with van der Waals surface area (Å²) in [5.41, 5.74) is -0.204. The summed E-state index contributed by atoms with van der Waals surface area (Å²) in [6.45, 7) is 3.12. The number of hydrogen-bond donors (Lipinski definition) is 2. The van der Waals surface area contributed by atoms with Crippen molar-refractivity contribution in [3.05, 3.63) is 16.7 Å². The van der Waals surface area contributed by atoms with Crippen molar-refractivity contribution in [3.8, 4) is 5.75 Å². The van der Waals surface area contributed by atoms with Crippen LogP contribution < -0.4 is 20.5 Å². The molecular weight excluding hydrogens is 256 g/mol. The average molecular weight is 278 g/mol. The Morgan fingerprint density at radius 1 is 1.45 bits per heavy atom. The van der Waals surface area contributed by atoms with Crippen molar-refractivity contribution in [2.45, 2.75) is 31.7 Å². The van der Waals surface area contributed by atoms with E-state index >= 15 is 0 Å². The molecule has 2 fully saturated rings. The summed E-state index contributed by atoms with van der Waals surface area (Å²) < 4.78 is 5.26. The van der Waals surface area contributed by atoms with Crippen molar-refractivity contribution in [2.24, 2.45) is 5.92 Å². The quantitative estimate of drug-likeness (QED) is 0.831. The lowest BCUT2D eigenvalue weighted by Crippen LogP contribution is -2.40. The Kier molecular flexibility index (Phi) is 3.91. The average Bonchev–Trinajstić information content (AvgIpc) is 3.30. The van der Waals surface area contributed by atoms with E-state index in [1.807, 2.05) is 0 Å². The van der Waals surface area contributed by atoms with Crippen molar-refractivity contribution < 1.29 is 4.74 Å². The van der Waals surface area contributed by atoms with Gasteiger partial charge in [0.2, 0.25) is 5.75 Å². The number of hydrogen-bond acceptors (Lipinski definition) is 5. The number of H-pyrrole nitrogens is 1. The molecule has 1 aromatic heterocycles. The Morgan fingerprint density at radius 2 is 2.30 bits per heavy atom. The molecule has 1 aliphatic heterocycles. The molecule has 1 unspecified atom stereocenters. The molecule has 1 saturated heterocycles. The maximum atomic E-state index is 11.9. The SMILES string of the molecule is COc1c(N(CC2CCCNC2)C2CC2)nc[nH]c1=O. The van der Waals surface area contributed by atoms with Crippen LogP contribution in [0.4, 0.5) is 5.82 Å². The normalized spacial score (nSPS) is 22.6. The lowest BCUT2D eigenvalue weighted by atomic mass is 9.99. The summed E-state index contributed by atoms with van der Waals surface area (Å²) in [5, 5.41) is 3.44. The van der Waals surface area contributed by atoms with Crippen molar-refractivity contribution in [1.82, 2.24) is 15.3 Å². The van der Waals surface area contributed by atoms with Crippen LogP contribution in [0.1, 0.15) is 25.7 Å². The molecule has 20 heavy (non-hydrogen) atoms. The highest BCUT2D eigenvalue weighted by Crippen LogP contribution is 2.34. The predicted molar refractivity (Wildman–Crippen MR) is 77.4 cm³/mol. The first kappa shape index (κ1) is 13.4. The Hall–Kier alpha value is -1.56. The van der Waals surface area contributed by atoms with Crippen molar-refractivity contribution in [3.63, 3.8) is 0 Å². The zero-order valence-corrected chi connectivity index (χ0v) is 11.9. The molecule has 110 valence electrons. The fourth-order valence-corrected chi connectivity index (χ4v) is 2.92. The van der Waals surface area contributed by atoms with Gasteiger partial charge in [-0.05, 0) is 44.7 Å². The molecule has 0 radical (unpaired) electrons. The monoisotopic (exact) mass is 278 g/mol.